The fourth-order valence-corrected chi connectivity index (χ4v) is 4.76. The highest BCUT2D eigenvalue weighted by atomic mass is 16.6. The van der Waals surface area contributed by atoms with E-state index in [0.29, 0.717) is 31.4 Å². The van der Waals surface area contributed by atoms with Gasteiger partial charge < -0.3 is 20.3 Å². The van der Waals surface area contributed by atoms with E-state index >= 15 is 0 Å². The number of carbonyl (C=O) groups is 4. The lowest BCUT2D eigenvalue weighted by Crippen LogP contribution is -2.44. The van der Waals surface area contributed by atoms with Crippen LogP contribution in [0, 0.1) is 17.2 Å². The molecular formula is C20H23N5O5. The molecule has 0 aromatic carbocycles. The number of nitrogens with zero attached hydrogens (tertiary/aromatic N) is 3. The van der Waals surface area contributed by atoms with Crippen molar-refractivity contribution in [2.45, 2.75) is 37.3 Å². The Morgan fingerprint density at radius 3 is 2.87 bits per heavy atom. The van der Waals surface area contributed by atoms with E-state index in [4.69, 9.17) is 4.74 Å². The van der Waals surface area contributed by atoms with Crippen LogP contribution in [0.1, 0.15) is 25.7 Å². The van der Waals surface area contributed by atoms with Gasteiger partial charge in [-0.05, 0) is 37.3 Å². The van der Waals surface area contributed by atoms with E-state index in [1.165, 1.54) is 22.9 Å². The summed E-state index contributed by atoms with van der Waals surface area (Å²) in [5.74, 6) is -0.951. The molecule has 158 valence electrons. The van der Waals surface area contributed by atoms with Crippen LogP contribution in [0.2, 0.25) is 0 Å². The number of urea groups is 1. The number of amides is 4. The summed E-state index contributed by atoms with van der Waals surface area (Å²) in [5.41, 5.74) is -0.0331. The topological polar surface area (TPSA) is 132 Å². The molecule has 2 heterocycles. The van der Waals surface area contributed by atoms with E-state index in [2.05, 4.69) is 16.7 Å². The zero-order valence-corrected chi connectivity index (χ0v) is 16.6. The lowest BCUT2D eigenvalue weighted by atomic mass is 9.85. The van der Waals surface area contributed by atoms with Gasteiger partial charge >= 0.3 is 12.1 Å². The number of allylic oxidation sites excluding steroid dienone is 3. The van der Waals surface area contributed by atoms with Crippen molar-refractivity contribution in [2.75, 3.05) is 26.7 Å². The summed E-state index contributed by atoms with van der Waals surface area (Å²) in [4.78, 5) is 52.3. The Bertz CT molecular complexity index is 919. The van der Waals surface area contributed by atoms with E-state index in [1.54, 1.807) is 6.08 Å². The standard InChI is InChI=1S/C20H23N5O5/c1-22-18(28)23-15-5-4-14-13(17(15)27)6-7-20(14)11-24(19(29)30-20)10-16(26)25-8-2-3-12(25)9-21/h4-5,12-13H,2-3,6-8,10-11H2,1H3,(H2,22,23,28)/t12-,13?,20-/m0/s1. The van der Waals surface area contributed by atoms with Crippen LogP contribution in [0.25, 0.3) is 0 Å². The molecular weight excluding hydrogens is 390 g/mol. The second kappa shape index (κ2) is 7.48. The molecule has 2 aliphatic heterocycles. The molecule has 0 aromatic heterocycles. The molecule has 10 heteroatoms. The van der Waals surface area contributed by atoms with Gasteiger partial charge in [-0.2, -0.15) is 5.26 Å². The van der Waals surface area contributed by atoms with Gasteiger partial charge in [0.25, 0.3) is 0 Å². The number of nitriles is 1. The number of ether oxygens (including phenoxy) is 1. The third kappa shape index (κ3) is 3.20. The fraction of sp³-hybridized carbons (Fsp3) is 0.550. The summed E-state index contributed by atoms with van der Waals surface area (Å²) >= 11 is 0. The van der Waals surface area contributed by atoms with Gasteiger partial charge in [0.2, 0.25) is 5.91 Å². The highest BCUT2D eigenvalue weighted by Crippen LogP contribution is 2.48. The van der Waals surface area contributed by atoms with Gasteiger partial charge in [-0.1, -0.05) is 6.08 Å². The molecule has 3 fully saturated rings. The van der Waals surface area contributed by atoms with Gasteiger partial charge in [-0.25, -0.2) is 9.59 Å². The molecule has 2 aliphatic carbocycles. The van der Waals surface area contributed by atoms with Crippen LogP contribution in [0.4, 0.5) is 9.59 Å². The SMILES string of the molecule is CNC(=O)NC1=CC=C2C(CC[C@]23CN(CC(=O)N2CCC[C@H]2C#N)C(=O)O3)C1=O. The minimum absolute atomic E-state index is 0.149. The molecule has 0 aromatic rings. The Hall–Kier alpha value is -3.35. The van der Waals surface area contributed by atoms with Gasteiger partial charge in [-0.15, -0.1) is 0 Å². The molecule has 30 heavy (non-hydrogen) atoms. The third-order valence-electron chi connectivity index (χ3n) is 6.26. The number of hydrogen-bond acceptors (Lipinski definition) is 6. The first-order chi connectivity index (χ1) is 14.4. The number of nitrogens with one attached hydrogen (secondary N) is 2. The van der Waals surface area contributed by atoms with Gasteiger partial charge in [-0.3, -0.25) is 14.5 Å². The van der Waals surface area contributed by atoms with Crippen molar-refractivity contribution >= 4 is 23.8 Å². The maximum absolute atomic E-state index is 12.8. The molecule has 0 bridgehead atoms. The minimum Gasteiger partial charge on any atom is -0.436 e. The first-order valence-electron chi connectivity index (χ1n) is 10.0. The van der Waals surface area contributed by atoms with E-state index < -0.39 is 29.7 Å². The Morgan fingerprint density at radius 1 is 1.33 bits per heavy atom. The molecule has 3 atom stereocenters. The Balaban J connectivity index is 1.49. The molecule has 4 rings (SSSR count). The summed E-state index contributed by atoms with van der Waals surface area (Å²) in [5, 5.41) is 14.1. The van der Waals surface area contributed by atoms with Crippen LogP contribution in [0.15, 0.2) is 23.4 Å². The molecule has 4 aliphatic rings. The highest BCUT2D eigenvalue weighted by Gasteiger charge is 2.56. The molecule has 2 saturated heterocycles. The zero-order chi connectivity index (χ0) is 21.5. The monoisotopic (exact) mass is 413 g/mol. The number of fused-ring (bicyclic) bond motifs is 2. The number of ketones is 1. The summed E-state index contributed by atoms with van der Waals surface area (Å²) in [6.07, 6.45) is 5.05. The largest absolute Gasteiger partial charge is 0.436 e. The van der Waals surface area contributed by atoms with Gasteiger partial charge in [0.1, 0.15) is 12.6 Å². The van der Waals surface area contributed by atoms with Crippen LogP contribution in [0.5, 0.6) is 0 Å². The average molecular weight is 413 g/mol. The van der Waals surface area contributed by atoms with E-state index in [-0.39, 0.29) is 30.5 Å². The van der Waals surface area contributed by atoms with Gasteiger partial charge in [0.05, 0.1) is 18.3 Å². The molecule has 4 amide bonds. The predicted molar refractivity (Wildman–Crippen MR) is 103 cm³/mol. The molecule has 2 N–H and O–H groups in total. The molecule has 1 spiro atoms. The molecule has 10 nitrogen and oxygen atoms in total. The highest BCUT2D eigenvalue weighted by molar-refractivity contribution is 6.03. The van der Waals surface area contributed by atoms with Crippen molar-refractivity contribution in [1.29, 1.82) is 5.26 Å². The van der Waals surface area contributed by atoms with Crippen molar-refractivity contribution in [2.24, 2.45) is 5.92 Å². The summed E-state index contributed by atoms with van der Waals surface area (Å²) in [6.45, 7) is 0.549. The van der Waals surface area contributed by atoms with Crippen LogP contribution in [-0.2, 0) is 14.3 Å². The van der Waals surface area contributed by atoms with E-state index in [1.807, 2.05) is 0 Å². The molecule has 0 radical (unpaired) electrons. The molecule has 1 saturated carbocycles. The second-order valence-corrected chi connectivity index (χ2v) is 7.95. The van der Waals surface area contributed by atoms with Crippen LogP contribution in [-0.4, -0.2) is 71.9 Å². The van der Waals surface area contributed by atoms with Crippen molar-refractivity contribution < 1.29 is 23.9 Å². The van der Waals surface area contributed by atoms with Crippen molar-refractivity contribution in [3.63, 3.8) is 0 Å². The fourth-order valence-electron chi connectivity index (χ4n) is 4.76. The lowest BCUT2D eigenvalue weighted by molar-refractivity contribution is -0.131. The van der Waals surface area contributed by atoms with Crippen LogP contribution < -0.4 is 10.6 Å². The molecule has 1 unspecified atom stereocenters. The Morgan fingerprint density at radius 2 is 2.13 bits per heavy atom. The maximum Gasteiger partial charge on any atom is 0.411 e. The minimum atomic E-state index is -0.938. The number of carbonyl (C=O) groups excluding carboxylic acids is 4. The van der Waals surface area contributed by atoms with Crippen LogP contribution >= 0.6 is 0 Å². The summed E-state index contributed by atoms with van der Waals surface area (Å²) in [6, 6.07) is 1.20. The smallest absolute Gasteiger partial charge is 0.411 e. The summed E-state index contributed by atoms with van der Waals surface area (Å²) in [7, 11) is 1.46. The Labute approximate surface area is 173 Å². The predicted octanol–water partition coefficient (Wildman–Crippen LogP) is 0.424. The summed E-state index contributed by atoms with van der Waals surface area (Å²) < 4.78 is 5.70. The Kier molecular flexibility index (Phi) is 4.97. The van der Waals surface area contributed by atoms with Crippen LogP contribution in [0.3, 0.4) is 0 Å². The first-order valence-corrected chi connectivity index (χ1v) is 10.0. The van der Waals surface area contributed by atoms with Gasteiger partial charge in [0, 0.05) is 19.5 Å². The van der Waals surface area contributed by atoms with E-state index in [9.17, 15) is 24.4 Å². The lowest BCUT2D eigenvalue weighted by Gasteiger charge is -2.27. The third-order valence-corrected chi connectivity index (χ3v) is 6.26. The quantitative estimate of drug-likeness (QED) is 0.689. The van der Waals surface area contributed by atoms with Crippen molar-refractivity contribution in [3.05, 3.63) is 23.4 Å². The number of rotatable bonds is 3. The zero-order valence-electron chi connectivity index (χ0n) is 16.6. The number of Topliss-reactive ketones (excluding diaryl/α,β-unsaturated/α-hetero) is 1. The van der Waals surface area contributed by atoms with Gasteiger partial charge in [0.15, 0.2) is 11.4 Å². The van der Waals surface area contributed by atoms with E-state index in [0.717, 1.165) is 6.42 Å². The number of likely N-dealkylation sites (tertiary alicyclic amines) is 1. The normalized spacial score (nSPS) is 29.9. The first kappa shape index (κ1) is 19.9. The van der Waals surface area contributed by atoms with Crippen molar-refractivity contribution in [3.8, 4) is 6.07 Å². The number of hydrogen-bond donors (Lipinski definition) is 2. The second-order valence-electron chi connectivity index (χ2n) is 7.95. The average Bonchev–Trinajstić information content (AvgIpc) is 3.42. The maximum atomic E-state index is 12.8. The van der Waals surface area contributed by atoms with Crippen molar-refractivity contribution in [1.82, 2.24) is 20.4 Å².